The van der Waals surface area contributed by atoms with E-state index in [-0.39, 0.29) is 49.2 Å². The van der Waals surface area contributed by atoms with E-state index >= 15 is 0 Å². The van der Waals surface area contributed by atoms with E-state index in [1.54, 1.807) is 0 Å². The number of benzene rings is 1. The molecule has 1 atom stereocenters. The minimum absolute atomic E-state index is 0. The van der Waals surface area contributed by atoms with Gasteiger partial charge in [0.1, 0.15) is 6.61 Å². The van der Waals surface area contributed by atoms with Gasteiger partial charge in [-0.25, -0.2) is 8.78 Å². The Kier molecular flexibility index (Phi) is 10.5. The van der Waals surface area contributed by atoms with E-state index in [2.05, 4.69) is 10.3 Å². The molecule has 1 fully saturated rings. The van der Waals surface area contributed by atoms with Crippen molar-refractivity contribution in [1.29, 1.82) is 0 Å². The fourth-order valence-corrected chi connectivity index (χ4v) is 3.22. The van der Waals surface area contributed by atoms with Crippen LogP contribution in [0.1, 0.15) is 38.5 Å². The van der Waals surface area contributed by atoms with Crippen LogP contribution in [-0.2, 0) is 9.59 Å². The molecule has 0 bridgehead atoms. The predicted molar refractivity (Wildman–Crippen MR) is 108 cm³/mol. The van der Waals surface area contributed by atoms with Crippen molar-refractivity contribution in [2.24, 2.45) is 22.4 Å². The van der Waals surface area contributed by atoms with Crippen molar-refractivity contribution in [1.82, 2.24) is 5.32 Å². The van der Waals surface area contributed by atoms with E-state index < -0.39 is 47.5 Å². The third-order valence-electron chi connectivity index (χ3n) is 4.81. The van der Waals surface area contributed by atoms with Gasteiger partial charge in [0.2, 0.25) is 17.5 Å². The van der Waals surface area contributed by atoms with Crippen LogP contribution in [0.5, 0.6) is 5.75 Å². The molecule has 31 heavy (non-hydrogen) atoms. The van der Waals surface area contributed by atoms with Gasteiger partial charge < -0.3 is 21.5 Å². The number of nitrogens with one attached hydrogen (secondary N) is 1. The summed E-state index contributed by atoms with van der Waals surface area (Å²) in [7, 11) is 0. The summed E-state index contributed by atoms with van der Waals surface area (Å²) in [4.78, 5) is 28.7. The number of rotatable bonds is 10. The monoisotopic (exact) mass is 468 g/mol. The zero-order chi connectivity index (χ0) is 22.3. The minimum Gasteiger partial charge on any atom is -0.479 e. The van der Waals surface area contributed by atoms with E-state index in [0.717, 1.165) is 12.8 Å². The molecular weight excluding hydrogens is 444 g/mol. The summed E-state index contributed by atoms with van der Waals surface area (Å²) in [5.41, 5.74) is 10.5. The fraction of sp³-hybridized carbons (Fsp3) is 0.526. The Morgan fingerprint density at radius 1 is 1.13 bits per heavy atom. The first-order valence-electron chi connectivity index (χ1n) is 9.55. The molecule has 0 spiro atoms. The maximum Gasteiger partial charge on any atom is 0.223 e. The van der Waals surface area contributed by atoms with Crippen molar-refractivity contribution in [2.75, 3.05) is 13.2 Å². The number of carbonyl (C=O) groups is 2. The summed E-state index contributed by atoms with van der Waals surface area (Å²) in [6.45, 7) is -0.695. The van der Waals surface area contributed by atoms with Crippen molar-refractivity contribution in [3.63, 3.8) is 0 Å². The summed E-state index contributed by atoms with van der Waals surface area (Å²) in [6.07, 6.45) is 3.70. The van der Waals surface area contributed by atoms with Crippen LogP contribution in [0.25, 0.3) is 0 Å². The Balaban J connectivity index is 0.00000480. The van der Waals surface area contributed by atoms with Gasteiger partial charge in [0, 0.05) is 18.5 Å². The standard InChI is InChI=1S/C19H24F4N4O3.ClH/c20-11-8-12(21)16(23)17(15(11)22)30-9-14(28)13(6-3-7-26-19(24)25)27-18(29)10-4-1-2-5-10;/h8,10,13H,1-7,9H2,(H,27,29)(H4,24,25,26);1H/t13-;/m0./s1. The number of hydrogen-bond acceptors (Lipinski definition) is 4. The average molecular weight is 469 g/mol. The molecule has 0 heterocycles. The van der Waals surface area contributed by atoms with E-state index in [1.807, 2.05) is 0 Å². The van der Waals surface area contributed by atoms with Crippen LogP contribution in [-0.4, -0.2) is 36.8 Å². The topological polar surface area (TPSA) is 120 Å². The summed E-state index contributed by atoms with van der Waals surface area (Å²) in [5, 5.41) is 2.62. The van der Waals surface area contributed by atoms with Crippen molar-refractivity contribution in [3.8, 4) is 5.75 Å². The second-order valence-electron chi connectivity index (χ2n) is 7.04. The molecular formula is C19H25ClF4N4O3. The molecule has 12 heteroatoms. The number of nitrogens with two attached hydrogens (primary N) is 2. The number of ether oxygens (including phenoxy) is 1. The lowest BCUT2D eigenvalue weighted by molar-refractivity contribution is -0.131. The van der Waals surface area contributed by atoms with Crippen LogP contribution in [0.3, 0.4) is 0 Å². The molecule has 0 saturated heterocycles. The van der Waals surface area contributed by atoms with Crippen molar-refractivity contribution in [3.05, 3.63) is 29.3 Å². The number of Topliss-reactive ketones (excluding diaryl/α,β-unsaturated/α-hetero) is 1. The zero-order valence-electron chi connectivity index (χ0n) is 16.6. The summed E-state index contributed by atoms with van der Waals surface area (Å²) < 4.78 is 58.7. The van der Waals surface area contributed by atoms with E-state index in [9.17, 15) is 27.2 Å². The number of hydrogen-bond donors (Lipinski definition) is 3. The molecule has 1 saturated carbocycles. The van der Waals surface area contributed by atoms with Crippen molar-refractivity contribution >= 4 is 30.1 Å². The lowest BCUT2D eigenvalue weighted by Gasteiger charge is -2.20. The highest BCUT2D eigenvalue weighted by molar-refractivity contribution is 5.90. The number of carbonyl (C=O) groups excluding carboxylic acids is 2. The average Bonchev–Trinajstić information content (AvgIpc) is 3.23. The fourth-order valence-electron chi connectivity index (χ4n) is 3.22. The first-order valence-corrected chi connectivity index (χ1v) is 9.55. The number of ketones is 1. The number of aliphatic imine (C=N–C) groups is 1. The Bertz CT molecular complexity index is 790. The van der Waals surface area contributed by atoms with E-state index in [0.29, 0.717) is 19.3 Å². The summed E-state index contributed by atoms with van der Waals surface area (Å²) in [6, 6.07) is -0.995. The van der Waals surface area contributed by atoms with Crippen LogP contribution < -0.4 is 21.5 Å². The maximum atomic E-state index is 13.7. The first kappa shape index (κ1) is 26.5. The summed E-state index contributed by atoms with van der Waals surface area (Å²) in [5.74, 6) is -9.50. The van der Waals surface area contributed by atoms with E-state index in [1.165, 1.54) is 0 Å². The van der Waals surface area contributed by atoms with Crippen LogP contribution in [0, 0.1) is 29.2 Å². The molecule has 2 rings (SSSR count). The molecule has 7 nitrogen and oxygen atoms in total. The minimum atomic E-state index is -1.75. The van der Waals surface area contributed by atoms with Gasteiger partial charge in [0.15, 0.2) is 29.1 Å². The number of guanidine groups is 1. The Hall–Kier alpha value is -2.56. The van der Waals surface area contributed by atoms with Crippen molar-refractivity contribution in [2.45, 2.75) is 44.6 Å². The summed E-state index contributed by atoms with van der Waals surface area (Å²) >= 11 is 0. The molecule has 1 aromatic rings. The molecule has 0 unspecified atom stereocenters. The Labute approximate surface area is 183 Å². The molecule has 0 aliphatic heterocycles. The third-order valence-corrected chi connectivity index (χ3v) is 4.81. The number of nitrogens with zero attached hydrogens (tertiary/aromatic N) is 1. The van der Waals surface area contributed by atoms with Gasteiger partial charge in [-0.1, -0.05) is 12.8 Å². The third kappa shape index (κ3) is 7.57. The van der Waals surface area contributed by atoms with Gasteiger partial charge in [-0.3, -0.25) is 14.6 Å². The highest BCUT2D eigenvalue weighted by Crippen LogP contribution is 2.27. The molecule has 1 amide bonds. The van der Waals surface area contributed by atoms with Gasteiger partial charge in [0.05, 0.1) is 6.04 Å². The van der Waals surface area contributed by atoms with Gasteiger partial charge in [0.25, 0.3) is 0 Å². The number of amides is 1. The van der Waals surface area contributed by atoms with Crippen LogP contribution in [0.2, 0.25) is 0 Å². The highest BCUT2D eigenvalue weighted by Gasteiger charge is 2.28. The lowest BCUT2D eigenvalue weighted by Crippen LogP contribution is -2.45. The molecule has 5 N–H and O–H groups in total. The largest absolute Gasteiger partial charge is 0.479 e. The quantitative estimate of drug-likeness (QED) is 0.160. The van der Waals surface area contributed by atoms with Gasteiger partial charge in [-0.2, -0.15) is 8.78 Å². The second kappa shape index (κ2) is 12.3. The lowest BCUT2D eigenvalue weighted by atomic mass is 10.0. The van der Waals surface area contributed by atoms with Crippen LogP contribution >= 0.6 is 12.4 Å². The van der Waals surface area contributed by atoms with Gasteiger partial charge >= 0.3 is 0 Å². The van der Waals surface area contributed by atoms with E-state index in [4.69, 9.17) is 16.2 Å². The van der Waals surface area contributed by atoms with Gasteiger partial charge in [-0.05, 0) is 25.7 Å². The van der Waals surface area contributed by atoms with Gasteiger partial charge in [-0.15, -0.1) is 12.4 Å². The van der Waals surface area contributed by atoms with Crippen LogP contribution in [0.4, 0.5) is 17.6 Å². The SMILES string of the molecule is Cl.NC(N)=NCCC[C@H](NC(=O)C1CCCC1)C(=O)COc1c(F)c(F)cc(F)c1F. The molecule has 0 radical (unpaired) electrons. The zero-order valence-corrected chi connectivity index (χ0v) is 17.5. The molecule has 174 valence electrons. The second-order valence-corrected chi connectivity index (χ2v) is 7.04. The van der Waals surface area contributed by atoms with Crippen LogP contribution in [0.15, 0.2) is 11.1 Å². The molecule has 1 aromatic carbocycles. The maximum absolute atomic E-state index is 13.7. The van der Waals surface area contributed by atoms with Crippen molar-refractivity contribution < 1.29 is 31.9 Å². The smallest absolute Gasteiger partial charge is 0.223 e. The number of halogens is 5. The molecule has 1 aliphatic rings. The Morgan fingerprint density at radius 3 is 2.26 bits per heavy atom. The first-order chi connectivity index (χ1) is 14.2. The highest BCUT2D eigenvalue weighted by atomic mass is 35.5. The molecule has 1 aliphatic carbocycles. The molecule has 0 aromatic heterocycles. The Morgan fingerprint density at radius 2 is 1.71 bits per heavy atom. The predicted octanol–water partition coefficient (Wildman–Crippen LogP) is 2.34. The normalized spacial score (nSPS) is 14.5.